The van der Waals surface area contributed by atoms with Crippen molar-refractivity contribution in [2.75, 3.05) is 23.3 Å². The second-order valence-corrected chi connectivity index (χ2v) is 9.06. The number of esters is 1. The lowest BCUT2D eigenvalue weighted by atomic mass is 10.1. The van der Waals surface area contributed by atoms with Crippen molar-refractivity contribution < 1.29 is 22.7 Å². The molecule has 3 aromatic rings. The lowest BCUT2D eigenvalue weighted by Gasteiger charge is -2.26. The van der Waals surface area contributed by atoms with Crippen molar-refractivity contribution in [2.24, 2.45) is 0 Å². The highest BCUT2D eigenvalue weighted by molar-refractivity contribution is 7.92. The van der Waals surface area contributed by atoms with Crippen LogP contribution >= 0.6 is 11.6 Å². The largest absolute Gasteiger partial charge is 0.465 e. The average molecular weight is 473 g/mol. The van der Waals surface area contributed by atoms with Crippen molar-refractivity contribution in [3.05, 3.63) is 88.9 Å². The first-order valence-electron chi connectivity index (χ1n) is 9.56. The molecule has 3 aromatic carbocycles. The van der Waals surface area contributed by atoms with E-state index in [-0.39, 0.29) is 21.8 Å². The number of para-hydroxylation sites is 1. The highest BCUT2D eigenvalue weighted by Crippen LogP contribution is 2.31. The Labute approximate surface area is 191 Å². The number of nitrogens with zero attached hydrogens (tertiary/aromatic N) is 1. The maximum Gasteiger partial charge on any atom is 0.339 e. The van der Waals surface area contributed by atoms with Gasteiger partial charge in [-0.25, -0.2) is 13.2 Å². The van der Waals surface area contributed by atoms with E-state index in [2.05, 4.69) is 5.32 Å². The Morgan fingerprint density at radius 3 is 2.31 bits per heavy atom. The van der Waals surface area contributed by atoms with Crippen LogP contribution in [0.15, 0.2) is 77.7 Å². The van der Waals surface area contributed by atoms with Crippen molar-refractivity contribution in [1.29, 1.82) is 0 Å². The van der Waals surface area contributed by atoms with Crippen molar-refractivity contribution >= 4 is 44.9 Å². The Hall–Kier alpha value is -3.36. The van der Waals surface area contributed by atoms with E-state index in [1.165, 1.54) is 31.4 Å². The number of benzene rings is 3. The normalized spacial score (nSPS) is 11.0. The van der Waals surface area contributed by atoms with Crippen LogP contribution < -0.4 is 9.62 Å². The predicted octanol–water partition coefficient (Wildman–Crippen LogP) is 4.27. The molecular formula is C23H21ClN2O5S. The zero-order valence-corrected chi connectivity index (χ0v) is 19.0. The number of ether oxygens (including phenoxy) is 1. The topological polar surface area (TPSA) is 92.8 Å². The standard InChI is InChI=1S/C23H21ClN2O5S/c1-16-19(24)12-8-14-21(16)26(32(29,30)17-9-4-3-5-10-17)15-22(27)25-20-13-7-6-11-18(20)23(28)31-2/h3-14H,15H2,1-2H3,(H,25,27). The van der Waals surface area contributed by atoms with Gasteiger partial charge in [0.25, 0.3) is 10.0 Å². The molecule has 0 atom stereocenters. The Balaban J connectivity index is 2.00. The van der Waals surface area contributed by atoms with Gasteiger partial charge < -0.3 is 10.1 Å². The molecule has 0 bridgehead atoms. The van der Waals surface area contributed by atoms with E-state index < -0.39 is 28.4 Å². The average Bonchev–Trinajstić information content (AvgIpc) is 2.80. The minimum absolute atomic E-state index is 0.0298. The van der Waals surface area contributed by atoms with Crippen LogP contribution in [0.1, 0.15) is 15.9 Å². The fourth-order valence-electron chi connectivity index (χ4n) is 3.09. The summed E-state index contributed by atoms with van der Waals surface area (Å²) in [6, 6.07) is 18.9. The number of carbonyl (C=O) groups excluding carboxylic acids is 2. The molecule has 0 aliphatic heterocycles. The Kier molecular flexibility index (Phi) is 7.17. The number of halogens is 1. The van der Waals surface area contributed by atoms with E-state index in [4.69, 9.17) is 16.3 Å². The third-order valence-electron chi connectivity index (χ3n) is 4.73. The fourth-order valence-corrected chi connectivity index (χ4v) is 4.75. The van der Waals surface area contributed by atoms with Gasteiger partial charge in [0.2, 0.25) is 5.91 Å². The molecule has 0 saturated carbocycles. The van der Waals surface area contributed by atoms with E-state index in [0.717, 1.165) is 4.31 Å². The molecular weight excluding hydrogens is 452 g/mol. The van der Waals surface area contributed by atoms with Gasteiger partial charge in [0, 0.05) is 5.02 Å². The predicted molar refractivity (Wildman–Crippen MR) is 124 cm³/mol. The van der Waals surface area contributed by atoms with E-state index in [9.17, 15) is 18.0 Å². The maximum atomic E-state index is 13.4. The third kappa shape index (κ3) is 4.92. The molecule has 1 N–H and O–H groups in total. The van der Waals surface area contributed by atoms with E-state index in [1.807, 2.05) is 0 Å². The van der Waals surface area contributed by atoms with Gasteiger partial charge in [-0.15, -0.1) is 0 Å². The number of rotatable bonds is 7. The monoisotopic (exact) mass is 472 g/mol. The summed E-state index contributed by atoms with van der Waals surface area (Å²) in [6.07, 6.45) is 0. The lowest BCUT2D eigenvalue weighted by molar-refractivity contribution is -0.114. The summed E-state index contributed by atoms with van der Waals surface area (Å²) in [4.78, 5) is 25.0. The first kappa shape index (κ1) is 23.3. The summed E-state index contributed by atoms with van der Waals surface area (Å²) in [7, 11) is -2.86. The van der Waals surface area contributed by atoms with E-state index >= 15 is 0 Å². The smallest absolute Gasteiger partial charge is 0.339 e. The highest BCUT2D eigenvalue weighted by atomic mass is 35.5. The number of sulfonamides is 1. The van der Waals surface area contributed by atoms with Crippen LogP contribution in [0.4, 0.5) is 11.4 Å². The first-order valence-corrected chi connectivity index (χ1v) is 11.4. The molecule has 32 heavy (non-hydrogen) atoms. The SMILES string of the molecule is COC(=O)c1ccccc1NC(=O)CN(c1cccc(Cl)c1C)S(=O)(=O)c1ccccc1. The number of anilines is 2. The van der Waals surface area contributed by atoms with Crippen LogP contribution in [0.25, 0.3) is 0 Å². The van der Waals surface area contributed by atoms with Crippen molar-refractivity contribution in [1.82, 2.24) is 0 Å². The van der Waals surface area contributed by atoms with Crippen molar-refractivity contribution in [2.45, 2.75) is 11.8 Å². The van der Waals surface area contributed by atoms with E-state index in [0.29, 0.717) is 10.6 Å². The van der Waals surface area contributed by atoms with Gasteiger partial charge in [-0.05, 0) is 48.9 Å². The molecule has 0 aliphatic carbocycles. The molecule has 7 nitrogen and oxygen atoms in total. The van der Waals surface area contributed by atoms with Gasteiger partial charge in [-0.1, -0.05) is 48.0 Å². The molecule has 0 heterocycles. The Morgan fingerprint density at radius 2 is 1.62 bits per heavy atom. The number of hydrogen-bond donors (Lipinski definition) is 1. The first-order chi connectivity index (χ1) is 15.3. The van der Waals surface area contributed by atoms with Crippen LogP contribution in [-0.4, -0.2) is 33.9 Å². The number of carbonyl (C=O) groups is 2. The number of nitrogens with one attached hydrogen (secondary N) is 1. The number of methoxy groups -OCH3 is 1. The van der Waals surface area contributed by atoms with Gasteiger partial charge in [-0.3, -0.25) is 9.10 Å². The third-order valence-corrected chi connectivity index (χ3v) is 6.92. The Bertz CT molecular complexity index is 1250. The molecule has 0 saturated heterocycles. The van der Waals surface area contributed by atoms with Gasteiger partial charge >= 0.3 is 5.97 Å². The van der Waals surface area contributed by atoms with E-state index in [1.54, 1.807) is 55.5 Å². The number of hydrogen-bond acceptors (Lipinski definition) is 5. The Morgan fingerprint density at radius 1 is 0.969 bits per heavy atom. The highest BCUT2D eigenvalue weighted by Gasteiger charge is 2.29. The lowest BCUT2D eigenvalue weighted by Crippen LogP contribution is -2.38. The quantitative estimate of drug-likeness (QED) is 0.518. The maximum absolute atomic E-state index is 13.4. The fraction of sp³-hybridized carbons (Fsp3) is 0.130. The minimum Gasteiger partial charge on any atom is -0.465 e. The summed E-state index contributed by atoms with van der Waals surface area (Å²) < 4.78 is 32.6. The van der Waals surface area contributed by atoms with Gasteiger partial charge in [0.1, 0.15) is 6.54 Å². The molecule has 0 aromatic heterocycles. The summed E-state index contributed by atoms with van der Waals surface area (Å²) in [6.45, 7) is 1.14. The summed E-state index contributed by atoms with van der Waals surface area (Å²) in [5.41, 5.74) is 1.15. The summed E-state index contributed by atoms with van der Waals surface area (Å²) >= 11 is 6.22. The molecule has 1 amide bonds. The van der Waals surface area contributed by atoms with Crippen molar-refractivity contribution in [3.8, 4) is 0 Å². The molecule has 0 aliphatic rings. The molecule has 3 rings (SSSR count). The summed E-state index contributed by atoms with van der Waals surface area (Å²) in [5.74, 6) is -1.26. The second-order valence-electron chi connectivity index (χ2n) is 6.79. The minimum atomic E-state index is -4.09. The van der Waals surface area contributed by atoms with Gasteiger partial charge in [-0.2, -0.15) is 0 Å². The van der Waals surface area contributed by atoms with Crippen LogP contribution in [0.5, 0.6) is 0 Å². The number of amides is 1. The molecule has 0 radical (unpaired) electrons. The molecule has 0 fully saturated rings. The molecule has 166 valence electrons. The van der Waals surface area contributed by atoms with Crippen molar-refractivity contribution in [3.63, 3.8) is 0 Å². The zero-order valence-electron chi connectivity index (χ0n) is 17.4. The van der Waals surface area contributed by atoms with Gasteiger partial charge in [0.05, 0.1) is 28.9 Å². The molecule has 0 spiro atoms. The van der Waals surface area contributed by atoms with Gasteiger partial charge in [0.15, 0.2) is 0 Å². The van der Waals surface area contributed by atoms with Crippen LogP contribution in [0.2, 0.25) is 5.02 Å². The van der Waals surface area contributed by atoms with Crippen LogP contribution in [0, 0.1) is 6.92 Å². The zero-order chi connectivity index (χ0) is 23.3. The molecule has 0 unspecified atom stereocenters. The van der Waals surface area contributed by atoms with Crippen LogP contribution in [-0.2, 0) is 19.6 Å². The second kappa shape index (κ2) is 9.84. The van der Waals surface area contributed by atoms with Crippen LogP contribution in [0.3, 0.4) is 0 Å². The summed E-state index contributed by atoms with van der Waals surface area (Å²) in [5, 5.41) is 2.97. The molecule has 9 heteroatoms.